The molecule has 0 aromatic carbocycles. The Morgan fingerprint density at radius 3 is 1.32 bits per heavy atom. The number of rotatable bonds is 35. The minimum Gasteiger partial charge on any atom is -0.462 e. The summed E-state index contributed by atoms with van der Waals surface area (Å²) in [6.45, 7) is 6.13. The molecule has 2 amide bonds. The first-order valence-electron chi connectivity index (χ1n) is 20.2. The van der Waals surface area contributed by atoms with Crippen LogP contribution in [0.4, 0.5) is 0 Å². The average Bonchev–Trinajstić information content (AvgIpc) is 3.09. The van der Waals surface area contributed by atoms with Gasteiger partial charge < -0.3 is 24.4 Å². The van der Waals surface area contributed by atoms with Crippen LogP contribution < -0.4 is 5.32 Å². The van der Waals surface area contributed by atoms with E-state index in [1.54, 1.807) is 7.05 Å². The Hall–Kier alpha value is -2.65. The number of hydrogen-bond donors (Lipinski definition) is 1. The van der Waals surface area contributed by atoms with Gasteiger partial charge in [-0.1, -0.05) is 142 Å². The molecule has 0 aliphatic carbocycles. The van der Waals surface area contributed by atoms with Crippen molar-refractivity contribution in [3.8, 4) is 0 Å². The molecule has 0 spiro atoms. The van der Waals surface area contributed by atoms with Gasteiger partial charge in [-0.15, -0.1) is 0 Å². The molecule has 292 valence electrons. The number of likely N-dealkylation sites (N-methyl/N-ethyl adjacent to an activating group) is 1. The number of carbonyl (C=O) groups is 5. The highest BCUT2D eigenvalue weighted by Crippen LogP contribution is 2.14. The Kier molecular flexibility index (Phi) is 32.9. The van der Waals surface area contributed by atoms with Crippen molar-refractivity contribution in [1.29, 1.82) is 0 Å². The third-order valence-electron chi connectivity index (χ3n) is 8.99. The number of carbonyl (C=O) groups excluding carboxylic acids is 5. The molecular formula is C40H74N2O8. The fraction of sp³-hybridized carbons (Fsp3) is 0.875. The fourth-order valence-corrected chi connectivity index (χ4v) is 5.57. The van der Waals surface area contributed by atoms with Crippen molar-refractivity contribution in [3.05, 3.63) is 0 Å². The van der Waals surface area contributed by atoms with E-state index in [4.69, 9.17) is 14.2 Å². The largest absolute Gasteiger partial charge is 0.462 e. The summed E-state index contributed by atoms with van der Waals surface area (Å²) in [5.41, 5.74) is 0. The molecule has 0 rings (SSSR count). The van der Waals surface area contributed by atoms with Crippen molar-refractivity contribution in [2.45, 2.75) is 194 Å². The highest BCUT2D eigenvalue weighted by Gasteiger charge is 2.20. The number of hydrogen-bond acceptors (Lipinski definition) is 8. The van der Waals surface area contributed by atoms with Crippen molar-refractivity contribution in [2.24, 2.45) is 0 Å². The summed E-state index contributed by atoms with van der Waals surface area (Å²) in [4.78, 5) is 62.2. The van der Waals surface area contributed by atoms with E-state index in [1.807, 2.05) is 0 Å². The third kappa shape index (κ3) is 32.5. The molecule has 0 aromatic heterocycles. The van der Waals surface area contributed by atoms with Crippen LogP contribution in [0.2, 0.25) is 0 Å². The van der Waals surface area contributed by atoms with Gasteiger partial charge >= 0.3 is 17.9 Å². The molecule has 1 N–H and O–H groups in total. The zero-order chi connectivity index (χ0) is 37.1. The molecule has 50 heavy (non-hydrogen) atoms. The molecule has 0 aromatic rings. The minimum atomic E-state index is -0.906. The smallest absolute Gasteiger partial charge is 0.306 e. The molecule has 0 radical (unpaired) electrons. The predicted octanol–water partition coefficient (Wildman–Crippen LogP) is 8.76. The number of esters is 3. The molecule has 10 nitrogen and oxygen atoms in total. The second-order valence-electron chi connectivity index (χ2n) is 13.8. The summed E-state index contributed by atoms with van der Waals surface area (Å²) < 4.78 is 16.3. The monoisotopic (exact) mass is 711 g/mol. The van der Waals surface area contributed by atoms with Gasteiger partial charge in [0.05, 0.1) is 6.42 Å². The van der Waals surface area contributed by atoms with E-state index in [-0.39, 0.29) is 56.8 Å². The number of unbranched alkanes of at least 4 members (excludes halogenated alkanes) is 20. The van der Waals surface area contributed by atoms with Crippen LogP contribution in [0.5, 0.6) is 0 Å². The molecular weight excluding hydrogens is 636 g/mol. The summed E-state index contributed by atoms with van der Waals surface area (Å²) in [6, 6.07) is 0. The van der Waals surface area contributed by atoms with Crippen LogP contribution in [0.25, 0.3) is 0 Å². The molecule has 0 aliphatic heterocycles. The number of ether oxygens (including phenoxy) is 3. The lowest BCUT2D eigenvalue weighted by molar-refractivity contribution is -0.167. The van der Waals surface area contributed by atoms with Gasteiger partial charge in [0.15, 0.2) is 6.10 Å². The van der Waals surface area contributed by atoms with E-state index < -0.39 is 18.0 Å². The molecule has 0 saturated heterocycles. The minimum absolute atomic E-state index is 0.0696. The van der Waals surface area contributed by atoms with Gasteiger partial charge in [-0.3, -0.25) is 24.0 Å². The lowest BCUT2D eigenvalue weighted by atomic mass is 10.1. The maximum absolute atomic E-state index is 12.6. The molecule has 0 saturated carbocycles. The van der Waals surface area contributed by atoms with Crippen LogP contribution in [0.1, 0.15) is 188 Å². The Morgan fingerprint density at radius 1 is 0.520 bits per heavy atom. The topological polar surface area (TPSA) is 128 Å². The van der Waals surface area contributed by atoms with Crippen LogP contribution in [-0.2, 0) is 38.2 Å². The number of nitrogens with one attached hydrogen (secondary N) is 1. The molecule has 10 heteroatoms. The Morgan fingerprint density at radius 2 is 0.900 bits per heavy atom. The summed E-state index contributed by atoms with van der Waals surface area (Å²) in [6.07, 6.45) is 25.5. The summed E-state index contributed by atoms with van der Waals surface area (Å²) in [7, 11) is 1.64. The van der Waals surface area contributed by atoms with Gasteiger partial charge in [0, 0.05) is 46.3 Å². The summed E-state index contributed by atoms with van der Waals surface area (Å²) in [5.74, 6) is -1.80. The van der Waals surface area contributed by atoms with Crippen molar-refractivity contribution < 1.29 is 38.2 Å². The number of amides is 2. The summed E-state index contributed by atoms with van der Waals surface area (Å²) >= 11 is 0. The van der Waals surface area contributed by atoms with E-state index in [2.05, 4.69) is 19.2 Å². The van der Waals surface area contributed by atoms with Gasteiger partial charge in [-0.05, 0) is 12.8 Å². The molecule has 1 atom stereocenters. The van der Waals surface area contributed by atoms with Crippen molar-refractivity contribution in [1.82, 2.24) is 10.2 Å². The maximum Gasteiger partial charge on any atom is 0.306 e. The zero-order valence-corrected chi connectivity index (χ0v) is 32.5. The van der Waals surface area contributed by atoms with Gasteiger partial charge in [-0.25, -0.2) is 0 Å². The van der Waals surface area contributed by atoms with E-state index in [0.717, 1.165) is 38.5 Å². The van der Waals surface area contributed by atoms with Crippen LogP contribution in [-0.4, -0.2) is 74.1 Å². The van der Waals surface area contributed by atoms with E-state index in [1.165, 1.54) is 115 Å². The second-order valence-corrected chi connectivity index (χ2v) is 13.8. The quantitative estimate of drug-likeness (QED) is 0.0393. The van der Waals surface area contributed by atoms with Crippen LogP contribution in [0.15, 0.2) is 0 Å². The van der Waals surface area contributed by atoms with Gasteiger partial charge in [0.2, 0.25) is 11.8 Å². The van der Waals surface area contributed by atoms with E-state index in [9.17, 15) is 24.0 Å². The Balaban J connectivity index is 4.48. The van der Waals surface area contributed by atoms with E-state index in [0.29, 0.717) is 13.0 Å². The summed E-state index contributed by atoms with van der Waals surface area (Å²) in [5, 5.41) is 2.67. The first-order chi connectivity index (χ1) is 24.2. The van der Waals surface area contributed by atoms with Crippen LogP contribution in [0.3, 0.4) is 0 Å². The van der Waals surface area contributed by atoms with Gasteiger partial charge in [-0.2, -0.15) is 0 Å². The molecule has 0 unspecified atom stereocenters. The second kappa shape index (κ2) is 34.8. The van der Waals surface area contributed by atoms with Crippen molar-refractivity contribution >= 4 is 29.7 Å². The molecule has 0 bridgehead atoms. The van der Waals surface area contributed by atoms with Crippen molar-refractivity contribution in [3.63, 3.8) is 0 Å². The Bertz CT molecular complexity index is 881. The normalized spacial score (nSPS) is 11.5. The predicted molar refractivity (Wildman–Crippen MR) is 200 cm³/mol. The van der Waals surface area contributed by atoms with Crippen molar-refractivity contribution in [2.75, 3.05) is 33.4 Å². The molecule has 0 aliphatic rings. The van der Waals surface area contributed by atoms with Crippen LogP contribution >= 0.6 is 0 Å². The standard InChI is InChI=1S/C40H74N2O8/c1-5-7-9-11-13-15-17-19-21-23-25-27-38(45)48-33-36(34-49-39(46)30-29-37(44)41-31-32-42(4)35(3)43)50-40(47)28-26-24-22-20-18-16-14-12-10-8-6-2/h36H,5-34H2,1-4H3,(H,41,44)/t36-/m1/s1. The highest BCUT2D eigenvalue weighted by molar-refractivity contribution is 5.81. The first kappa shape index (κ1) is 47.4. The number of nitrogens with zero attached hydrogens (tertiary/aromatic N) is 1. The zero-order valence-electron chi connectivity index (χ0n) is 32.5. The molecule has 0 fully saturated rings. The van der Waals surface area contributed by atoms with Gasteiger partial charge in [0.1, 0.15) is 13.2 Å². The van der Waals surface area contributed by atoms with E-state index >= 15 is 0 Å². The first-order valence-corrected chi connectivity index (χ1v) is 20.2. The Labute approximate surface area is 304 Å². The lowest BCUT2D eigenvalue weighted by Crippen LogP contribution is -2.35. The van der Waals surface area contributed by atoms with Crippen LogP contribution in [0, 0.1) is 0 Å². The average molecular weight is 711 g/mol. The maximum atomic E-state index is 12.6. The molecule has 0 heterocycles. The third-order valence-corrected chi connectivity index (χ3v) is 8.99. The van der Waals surface area contributed by atoms with Gasteiger partial charge in [0.25, 0.3) is 0 Å². The SMILES string of the molecule is CCCCCCCCCCCCCC(=O)OC[C@H](COC(=O)CCC(=O)NCCN(C)C(C)=O)OC(=O)CCCCCCCCCCCCC. The lowest BCUT2D eigenvalue weighted by Gasteiger charge is -2.18. The highest BCUT2D eigenvalue weighted by atomic mass is 16.6. The fourth-order valence-electron chi connectivity index (χ4n) is 5.57.